The van der Waals surface area contributed by atoms with Gasteiger partial charge in [-0.05, 0) is 45.1 Å². The number of rotatable bonds is 4. The van der Waals surface area contributed by atoms with Gasteiger partial charge < -0.3 is 10.7 Å². The van der Waals surface area contributed by atoms with Crippen molar-refractivity contribution in [3.63, 3.8) is 0 Å². The number of nitrogens with zero attached hydrogens (tertiary/aromatic N) is 2. The number of carbonyl (C=O) groups excluding carboxylic acids is 2. The molecule has 0 unspecified atom stereocenters. The van der Waals surface area contributed by atoms with Crippen LogP contribution in [0.25, 0.3) is 0 Å². The fourth-order valence-corrected chi connectivity index (χ4v) is 3.91. The van der Waals surface area contributed by atoms with Crippen LogP contribution in [0.4, 0.5) is 11.6 Å². The highest BCUT2D eigenvalue weighted by atomic mass is 32.2. The number of amides is 2. The lowest BCUT2D eigenvalue weighted by atomic mass is 10.1. The molecular formula is C16H19N7O3S2. The zero-order chi connectivity index (χ0) is 20.5. The Morgan fingerprint density at radius 1 is 1.29 bits per heavy atom. The van der Waals surface area contributed by atoms with E-state index in [0.717, 1.165) is 0 Å². The summed E-state index contributed by atoms with van der Waals surface area (Å²) in [6.45, 7) is 5.51. The average Bonchev–Trinajstić information content (AvgIpc) is 3.01. The maximum atomic E-state index is 13.1. The summed E-state index contributed by atoms with van der Waals surface area (Å²) >= 11 is 4.85. The Bertz CT molecular complexity index is 1040. The van der Waals surface area contributed by atoms with Crippen LogP contribution in [0.3, 0.4) is 0 Å². The van der Waals surface area contributed by atoms with E-state index in [2.05, 4.69) is 36.3 Å². The number of H-pyrrole nitrogens is 2. The Balaban J connectivity index is 1.98. The van der Waals surface area contributed by atoms with Crippen molar-refractivity contribution >= 4 is 52.2 Å². The first kappa shape index (κ1) is 19.9. The summed E-state index contributed by atoms with van der Waals surface area (Å²) in [4.78, 5) is 29.8. The van der Waals surface area contributed by atoms with Gasteiger partial charge in [0.2, 0.25) is 16.6 Å². The van der Waals surface area contributed by atoms with Crippen molar-refractivity contribution in [2.24, 2.45) is 5.10 Å². The van der Waals surface area contributed by atoms with Gasteiger partial charge in [0.05, 0.1) is 21.4 Å². The molecule has 2 atom stereocenters. The van der Waals surface area contributed by atoms with Crippen LogP contribution in [0.1, 0.15) is 20.8 Å². The molecule has 2 amide bonds. The predicted molar refractivity (Wildman–Crippen MR) is 108 cm³/mol. The van der Waals surface area contributed by atoms with E-state index in [-0.39, 0.29) is 16.4 Å². The van der Waals surface area contributed by atoms with E-state index in [0.29, 0.717) is 10.6 Å². The van der Waals surface area contributed by atoms with Gasteiger partial charge in [-0.15, -0.1) is 0 Å². The normalized spacial score (nSPS) is 19.5. The van der Waals surface area contributed by atoms with Crippen LogP contribution in [-0.4, -0.2) is 47.7 Å². The number of benzene rings is 1. The molecule has 12 heteroatoms. The van der Waals surface area contributed by atoms with Crippen LogP contribution in [0, 0.1) is 4.77 Å². The molecule has 0 bridgehead atoms. The summed E-state index contributed by atoms with van der Waals surface area (Å²) in [7, 11) is -1.82. The van der Waals surface area contributed by atoms with Crippen LogP contribution < -0.4 is 16.1 Å². The second kappa shape index (κ2) is 7.64. The van der Waals surface area contributed by atoms with E-state index in [4.69, 9.17) is 12.2 Å². The van der Waals surface area contributed by atoms with Gasteiger partial charge in [-0.25, -0.2) is 0 Å². The van der Waals surface area contributed by atoms with Gasteiger partial charge in [0.15, 0.2) is 11.0 Å². The number of nitrogens with one attached hydrogen (secondary N) is 5. The molecule has 1 aromatic carbocycles. The lowest BCUT2D eigenvalue weighted by Crippen LogP contribution is -2.48. The third-order valence-corrected chi connectivity index (χ3v) is 5.39. The summed E-state index contributed by atoms with van der Waals surface area (Å²) in [5.74, 6) is -1.26. The number of para-hydroxylation sites is 1. The first-order valence-corrected chi connectivity index (χ1v) is 9.89. The third-order valence-electron chi connectivity index (χ3n) is 3.54. The van der Waals surface area contributed by atoms with Crippen molar-refractivity contribution in [2.75, 3.05) is 10.6 Å². The van der Waals surface area contributed by atoms with Crippen molar-refractivity contribution in [3.8, 4) is 0 Å². The molecule has 2 aromatic rings. The van der Waals surface area contributed by atoms with Gasteiger partial charge in [0.1, 0.15) is 0 Å². The van der Waals surface area contributed by atoms with Gasteiger partial charge in [-0.1, -0.05) is 12.1 Å². The summed E-state index contributed by atoms with van der Waals surface area (Å²) in [6, 6.07) is 6.71. The molecule has 10 nitrogen and oxygen atoms in total. The monoisotopic (exact) mass is 421 g/mol. The fraction of sp³-hybridized carbons (Fsp3) is 0.312. The molecule has 0 saturated carbocycles. The number of fused-ring (bicyclic) bond motifs is 1. The standard InChI is InChI=1S/C16H19N7O3S2/c1-16(2,3)23-20-10(12(24)18-14-19-15(27)22-21-14)11-13(25)17-8-6-4-5-7-9(8)28(11)26/h4-7,11,23H,1-3H3,(H,17,25)(H3,18,19,21,22,24,27)/b20-10-/t11-,28-/m0/s1. The predicted octanol–water partition coefficient (Wildman–Crippen LogP) is 1.28. The zero-order valence-electron chi connectivity index (χ0n) is 15.3. The summed E-state index contributed by atoms with van der Waals surface area (Å²) in [5, 5.41) is 13.1. The molecular weight excluding hydrogens is 402 g/mol. The molecule has 1 aliphatic rings. The maximum absolute atomic E-state index is 13.1. The Morgan fingerprint density at radius 3 is 2.64 bits per heavy atom. The second-order valence-corrected chi connectivity index (χ2v) is 8.88. The van der Waals surface area contributed by atoms with Crippen molar-refractivity contribution < 1.29 is 13.8 Å². The molecule has 0 spiro atoms. The highest BCUT2D eigenvalue weighted by molar-refractivity contribution is 7.88. The van der Waals surface area contributed by atoms with Gasteiger partial charge in [0, 0.05) is 5.54 Å². The molecule has 28 heavy (non-hydrogen) atoms. The fourth-order valence-electron chi connectivity index (χ4n) is 2.35. The van der Waals surface area contributed by atoms with Crippen LogP contribution in [0.2, 0.25) is 0 Å². The summed E-state index contributed by atoms with van der Waals surface area (Å²) in [5.41, 5.74) is 2.54. The number of carbonyl (C=O) groups is 2. The molecule has 0 aliphatic carbocycles. The molecule has 3 rings (SSSR count). The first-order chi connectivity index (χ1) is 13.2. The molecule has 1 aliphatic heterocycles. The van der Waals surface area contributed by atoms with Crippen LogP contribution >= 0.6 is 12.2 Å². The highest BCUT2D eigenvalue weighted by Crippen LogP contribution is 2.28. The molecule has 2 heterocycles. The number of aromatic nitrogens is 3. The van der Waals surface area contributed by atoms with E-state index in [1.54, 1.807) is 24.3 Å². The Hall–Kier alpha value is -2.86. The number of hydrogen-bond donors (Lipinski definition) is 5. The minimum Gasteiger partial charge on any atom is -0.324 e. The number of aromatic amines is 2. The lowest BCUT2D eigenvalue weighted by molar-refractivity contribution is -0.116. The smallest absolute Gasteiger partial charge is 0.276 e. The zero-order valence-corrected chi connectivity index (χ0v) is 17.0. The summed E-state index contributed by atoms with van der Waals surface area (Å²) < 4.78 is 13.2. The maximum Gasteiger partial charge on any atom is 0.276 e. The Kier molecular flexibility index (Phi) is 5.42. The van der Waals surface area contributed by atoms with Crippen LogP contribution in [0.15, 0.2) is 34.3 Å². The van der Waals surface area contributed by atoms with E-state index in [1.807, 2.05) is 20.8 Å². The van der Waals surface area contributed by atoms with Crippen LogP contribution in [0.5, 0.6) is 0 Å². The lowest BCUT2D eigenvalue weighted by Gasteiger charge is -2.25. The third kappa shape index (κ3) is 4.34. The highest BCUT2D eigenvalue weighted by Gasteiger charge is 2.40. The van der Waals surface area contributed by atoms with Crippen molar-refractivity contribution in [1.82, 2.24) is 20.6 Å². The average molecular weight is 422 g/mol. The second-order valence-electron chi connectivity index (χ2n) is 6.99. The number of anilines is 2. The Morgan fingerprint density at radius 2 is 2.00 bits per heavy atom. The van der Waals surface area contributed by atoms with Crippen molar-refractivity contribution in [1.29, 1.82) is 0 Å². The van der Waals surface area contributed by atoms with E-state index >= 15 is 0 Å². The molecule has 5 N–H and O–H groups in total. The summed E-state index contributed by atoms with van der Waals surface area (Å²) in [6.07, 6.45) is 0. The van der Waals surface area contributed by atoms with E-state index in [1.165, 1.54) is 0 Å². The van der Waals surface area contributed by atoms with Gasteiger partial charge >= 0.3 is 0 Å². The minimum absolute atomic E-state index is 0.0564. The Labute approximate surface area is 168 Å². The number of hydrazone groups is 1. The minimum atomic E-state index is -1.82. The number of hydrogen-bond acceptors (Lipinski definition) is 7. The topological polar surface area (TPSA) is 144 Å². The molecule has 148 valence electrons. The van der Waals surface area contributed by atoms with Crippen LogP contribution in [-0.2, 0) is 20.4 Å². The SMILES string of the molecule is CC(C)(C)N/N=C(\C(=O)Nc1nc(=S)[nH][nH]1)[C@H]1C(=O)Nc2ccccc2[S@@]1=O. The molecule has 0 fully saturated rings. The quantitative estimate of drug-likeness (QED) is 0.286. The van der Waals surface area contributed by atoms with Crippen molar-refractivity contribution in [2.45, 2.75) is 36.5 Å². The van der Waals surface area contributed by atoms with E-state index in [9.17, 15) is 13.8 Å². The van der Waals surface area contributed by atoms with Gasteiger partial charge in [-0.2, -0.15) is 10.1 Å². The van der Waals surface area contributed by atoms with Gasteiger partial charge in [0.25, 0.3) is 5.91 Å². The van der Waals surface area contributed by atoms with Gasteiger partial charge in [-0.3, -0.25) is 29.3 Å². The molecule has 0 saturated heterocycles. The van der Waals surface area contributed by atoms with E-state index < -0.39 is 33.4 Å². The molecule has 1 aromatic heterocycles. The first-order valence-electron chi connectivity index (χ1n) is 8.27. The van der Waals surface area contributed by atoms with Crippen molar-refractivity contribution in [3.05, 3.63) is 29.0 Å². The molecule has 0 radical (unpaired) electrons. The largest absolute Gasteiger partial charge is 0.324 e.